The molecular formula is C21H35N3O4. The van der Waals surface area contributed by atoms with Crippen LogP contribution in [0.4, 0.5) is 0 Å². The van der Waals surface area contributed by atoms with E-state index in [9.17, 15) is 19.8 Å². The van der Waals surface area contributed by atoms with Crippen molar-refractivity contribution in [3.8, 4) is 0 Å². The van der Waals surface area contributed by atoms with Gasteiger partial charge in [0.05, 0.1) is 6.04 Å². The molecule has 3 atom stereocenters. The number of aliphatic hydroxyl groups is 1. The SMILES string of the molecule is CC(C)C[C@H](N)[C@](O)(CC1CC(NC(=O)C2CCC(C)CC2)=CC=N1)C(=O)O. The highest BCUT2D eigenvalue weighted by molar-refractivity contribution is 5.83. The first-order valence-electron chi connectivity index (χ1n) is 10.4. The maximum Gasteiger partial charge on any atom is 0.337 e. The van der Waals surface area contributed by atoms with Crippen molar-refractivity contribution < 1.29 is 19.8 Å². The fraction of sp³-hybridized carbons (Fsp3) is 0.762. The normalized spacial score (nSPS) is 28.4. The molecule has 1 unspecified atom stereocenters. The summed E-state index contributed by atoms with van der Waals surface area (Å²) in [5.41, 5.74) is 4.70. The Morgan fingerprint density at radius 1 is 1.32 bits per heavy atom. The summed E-state index contributed by atoms with van der Waals surface area (Å²) >= 11 is 0. The molecule has 5 N–H and O–H groups in total. The van der Waals surface area contributed by atoms with Gasteiger partial charge < -0.3 is 21.3 Å². The molecule has 0 bridgehead atoms. The Bertz CT molecular complexity index is 623. The lowest BCUT2D eigenvalue weighted by Gasteiger charge is -2.34. The summed E-state index contributed by atoms with van der Waals surface area (Å²) in [6, 6.07) is -1.32. The molecule has 0 aromatic rings. The lowest BCUT2D eigenvalue weighted by molar-refractivity contribution is -0.162. The number of carbonyl (C=O) groups is 2. The molecule has 1 aliphatic carbocycles. The van der Waals surface area contributed by atoms with E-state index in [1.807, 2.05) is 13.8 Å². The first-order valence-corrected chi connectivity index (χ1v) is 10.4. The number of nitrogens with one attached hydrogen (secondary N) is 1. The monoisotopic (exact) mass is 393 g/mol. The smallest absolute Gasteiger partial charge is 0.337 e. The zero-order valence-electron chi connectivity index (χ0n) is 17.2. The number of hydrogen-bond donors (Lipinski definition) is 4. The maximum absolute atomic E-state index is 12.5. The Balaban J connectivity index is 1.96. The van der Waals surface area contributed by atoms with Crippen LogP contribution in [0.5, 0.6) is 0 Å². The van der Waals surface area contributed by atoms with Crippen LogP contribution < -0.4 is 11.1 Å². The van der Waals surface area contributed by atoms with Crippen molar-refractivity contribution in [1.29, 1.82) is 0 Å². The number of aliphatic carboxylic acids is 1. The van der Waals surface area contributed by atoms with Crippen molar-refractivity contribution in [2.24, 2.45) is 28.5 Å². The van der Waals surface area contributed by atoms with Gasteiger partial charge in [0.2, 0.25) is 5.91 Å². The lowest BCUT2D eigenvalue weighted by Crippen LogP contribution is -2.56. The third kappa shape index (κ3) is 5.88. The minimum Gasteiger partial charge on any atom is -0.479 e. The van der Waals surface area contributed by atoms with Crippen LogP contribution in [-0.4, -0.2) is 46.0 Å². The Hall–Kier alpha value is -1.73. The second-order valence-corrected chi connectivity index (χ2v) is 8.96. The van der Waals surface area contributed by atoms with E-state index in [4.69, 9.17) is 5.73 Å². The number of carboxylic acids is 1. The minimum atomic E-state index is -2.04. The molecule has 1 saturated carbocycles. The molecule has 0 aromatic heterocycles. The van der Waals surface area contributed by atoms with E-state index < -0.39 is 23.7 Å². The average Bonchev–Trinajstić information content (AvgIpc) is 2.61. The van der Waals surface area contributed by atoms with Gasteiger partial charge >= 0.3 is 5.97 Å². The minimum absolute atomic E-state index is 0.0252. The van der Waals surface area contributed by atoms with Crippen molar-refractivity contribution in [2.75, 3.05) is 0 Å². The predicted molar refractivity (Wildman–Crippen MR) is 109 cm³/mol. The molecule has 1 aliphatic heterocycles. The van der Waals surface area contributed by atoms with Gasteiger partial charge in [-0.05, 0) is 50.0 Å². The molecule has 2 aliphatic rings. The summed E-state index contributed by atoms with van der Waals surface area (Å²) in [4.78, 5) is 28.6. The molecule has 0 aromatic carbocycles. The van der Waals surface area contributed by atoms with E-state index in [2.05, 4.69) is 17.2 Å². The van der Waals surface area contributed by atoms with Crippen molar-refractivity contribution in [2.45, 2.75) is 83.4 Å². The largest absolute Gasteiger partial charge is 0.479 e. The molecule has 0 saturated heterocycles. The highest BCUT2D eigenvalue weighted by atomic mass is 16.4. The number of carboxylic acid groups (broad SMARTS) is 1. The molecule has 1 fully saturated rings. The molecule has 1 heterocycles. The van der Waals surface area contributed by atoms with E-state index >= 15 is 0 Å². The molecule has 0 radical (unpaired) electrons. The highest BCUT2D eigenvalue weighted by Gasteiger charge is 2.44. The summed E-state index contributed by atoms with van der Waals surface area (Å²) in [5, 5.41) is 23.3. The number of aliphatic imine (C=N–C) groups is 1. The van der Waals surface area contributed by atoms with Crippen LogP contribution >= 0.6 is 0 Å². The molecule has 1 amide bonds. The van der Waals surface area contributed by atoms with Crippen molar-refractivity contribution in [3.05, 3.63) is 11.8 Å². The van der Waals surface area contributed by atoms with Crippen LogP contribution in [-0.2, 0) is 9.59 Å². The summed E-state index contributed by atoms with van der Waals surface area (Å²) in [5.74, 6) is -0.420. The standard InChI is InChI=1S/C21H35N3O4/c1-13(2)10-18(22)21(28,20(26)27)12-17-11-16(8-9-23-17)24-19(25)15-6-4-14(3)5-7-15/h8-9,13-15,17-18,28H,4-7,10-12,22H2,1-3H3,(H,24,25)(H,26,27)/t14?,15?,17?,18-,21+/m0/s1. The van der Waals surface area contributed by atoms with Gasteiger partial charge in [0.15, 0.2) is 5.60 Å². The number of nitrogens with two attached hydrogens (primary N) is 1. The Morgan fingerprint density at radius 2 is 1.96 bits per heavy atom. The van der Waals surface area contributed by atoms with Crippen LogP contribution in [0, 0.1) is 17.8 Å². The molecule has 2 rings (SSSR count). The van der Waals surface area contributed by atoms with Gasteiger partial charge in [0.1, 0.15) is 0 Å². The topological polar surface area (TPSA) is 125 Å². The van der Waals surface area contributed by atoms with Gasteiger partial charge in [-0.15, -0.1) is 0 Å². The van der Waals surface area contributed by atoms with Crippen LogP contribution in [0.3, 0.4) is 0 Å². The first-order chi connectivity index (χ1) is 13.1. The fourth-order valence-corrected chi connectivity index (χ4v) is 4.09. The molecule has 158 valence electrons. The van der Waals surface area contributed by atoms with Crippen LogP contribution in [0.15, 0.2) is 16.8 Å². The lowest BCUT2D eigenvalue weighted by atomic mass is 9.82. The molecule has 28 heavy (non-hydrogen) atoms. The van der Waals surface area contributed by atoms with Crippen molar-refractivity contribution in [1.82, 2.24) is 5.32 Å². The van der Waals surface area contributed by atoms with Gasteiger partial charge in [-0.2, -0.15) is 0 Å². The first kappa shape index (κ1) is 22.6. The van der Waals surface area contributed by atoms with Gasteiger partial charge in [0.25, 0.3) is 0 Å². The van der Waals surface area contributed by atoms with E-state index in [-0.39, 0.29) is 24.2 Å². The summed E-state index contributed by atoms with van der Waals surface area (Å²) < 4.78 is 0. The predicted octanol–water partition coefficient (Wildman–Crippen LogP) is 2.24. The molecule has 7 nitrogen and oxygen atoms in total. The second kappa shape index (κ2) is 9.65. The van der Waals surface area contributed by atoms with Crippen molar-refractivity contribution in [3.63, 3.8) is 0 Å². The third-order valence-electron chi connectivity index (χ3n) is 5.95. The van der Waals surface area contributed by atoms with Crippen LogP contribution in [0.25, 0.3) is 0 Å². The van der Waals surface area contributed by atoms with E-state index in [1.54, 1.807) is 12.3 Å². The number of nitrogens with zero attached hydrogens (tertiary/aromatic N) is 1. The van der Waals surface area contributed by atoms with Gasteiger partial charge in [-0.25, -0.2) is 4.79 Å². The number of allylic oxidation sites excluding steroid dienone is 1. The number of amides is 1. The third-order valence-corrected chi connectivity index (χ3v) is 5.95. The molecule has 7 heteroatoms. The zero-order chi connectivity index (χ0) is 20.9. The summed E-state index contributed by atoms with van der Waals surface area (Å²) in [7, 11) is 0. The Kier molecular flexibility index (Phi) is 7.78. The van der Waals surface area contributed by atoms with Gasteiger partial charge in [0, 0.05) is 36.7 Å². The van der Waals surface area contributed by atoms with Crippen LogP contribution in [0.2, 0.25) is 0 Å². The quantitative estimate of drug-likeness (QED) is 0.503. The highest BCUT2D eigenvalue weighted by Crippen LogP contribution is 2.30. The van der Waals surface area contributed by atoms with E-state index in [0.717, 1.165) is 25.7 Å². The number of hydrogen-bond acceptors (Lipinski definition) is 5. The average molecular weight is 394 g/mol. The van der Waals surface area contributed by atoms with Crippen molar-refractivity contribution >= 4 is 18.1 Å². The summed E-state index contributed by atoms with van der Waals surface area (Å²) in [6.07, 6.45) is 7.97. The number of carbonyl (C=O) groups excluding carboxylic acids is 1. The summed E-state index contributed by atoms with van der Waals surface area (Å²) in [6.45, 7) is 6.08. The molecular weight excluding hydrogens is 358 g/mol. The second-order valence-electron chi connectivity index (χ2n) is 8.96. The van der Waals surface area contributed by atoms with Gasteiger partial charge in [-0.1, -0.05) is 20.8 Å². The Labute approximate surface area is 167 Å². The number of rotatable bonds is 8. The maximum atomic E-state index is 12.5. The van der Waals surface area contributed by atoms with E-state index in [0.29, 0.717) is 24.5 Å². The van der Waals surface area contributed by atoms with Gasteiger partial charge in [-0.3, -0.25) is 9.79 Å². The Morgan fingerprint density at radius 3 is 2.54 bits per heavy atom. The van der Waals surface area contributed by atoms with Crippen LogP contribution in [0.1, 0.15) is 65.7 Å². The van der Waals surface area contributed by atoms with E-state index in [1.165, 1.54) is 0 Å². The fourth-order valence-electron chi connectivity index (χ4n) is 4.09. The molecule has 0 spiro atoms. The number of dihydropyridines is 1. The zero-order valence-corrected chi connectivity index (χ0v) is 17.2.